The lowest BCUT2D eigenvalue weighted by molar-refractivity contribution is -0.147. The van der Waals surface area contributed by atoms with Crippen LogP contribution in [0.3, 0.4) is 0 Å². The zero-order valence-electron chi connectivity index (χ0n) is 15.2. The lowest BCUT2D eigenvalue weighted by atomic mass is 10.1. The normalized spacial score (nSPS) is 10.2. The van der Waals surface area contributed by atoms with Gasteiger partial charge in [0.1, 0.15) is 0 Å². The van der Waals surface area contributed by atoms with Crippen LogP contribution >= 0.6 is 11.6 Å². The van der Waals surface area contributed by atoms with Gasteiger partial charge in [-0.15, -0.1) is 0 Å². The Morgan fingerprint density at radius 3 is 2.44 bits per heavy atom. The predicted molar refractivity (Wildman–Crippen MR) is 105 cm³/mol. The molecule has 0 radical (unpaired) electrons. The van der Waals surface area contributed by atoms with Crippen molar-refractivity contribution in [3.05, 3.63) is 58.6 Å². The Balaban J connectivity index is 1.70. The highest BCUT2D eigenvalue weighted by atomic mass is 35.5. The second-order valence-electron chi connectivity index (χ2n) is 6.09. The summed E-state index contributed by atoms with van der Waals surface area (Å²) in [5.41, 5.74) is 3.27. The maximum absolute atomic E-state index is 12.0. The largest absolute Gasteiger partial charge is 0.456 e. The first-order valence-electron chi connectivity index (χ1n) is 8.41. The molecule has 2 N–H and O–H groups in total. The van der Waals surface area contributed by atoms with Gasteiger partial charge in [-0.05, 0) is 43.7 Å². The standard InChI is InChI=1S/C20H21ClN2O4/c1-13-6-7-17(14(2)10-13)23-18(24)8-9-20(26)27-12-19(25)22-16-5-3-4-15(21)11-16/h3-7,10-11H,8-9,12H2,1-2H3,(H,22,25)(H,23,24). The molecule has 2 amide bonds. The molecule has 6 nitrogen and oxygen atoms in total. The van der Waals surface area contributed by atoms with Gasteiger partial charge in [-0.1, -0.05) is 35.4 Å². The lowest BCUT2D eigenvalue weighted by Crippen LogP contribution is -2.21. The Labute approximate surface area is 162 Å². The second kappa shape index (κ2) is 9.73. The van der Waals surface area contributed by atoms with E-state index < -0.39 is 18.5 Å². The first kappa shape index (κ1) is 20.5. The van der Waals surface area contributed by atoms with Gasteiger partial charge in [0.2, 0.25) is 5.91 Å². The Bertz CT molecular complexity index is 852. The number of carbonyl (C=O) groups excluding carboxylic acids is 3. The summed E-state index contributed by atoms with van der Waals surface area (Å²) in [7, 11) is 0. The molecule has 2 rings (SSSR count). The smallest absolute Gasteiger partial charge is 0.306 e. The number of hydrogen-bond acceptors (Lipinski definition) is 4. The number of esters is 1. The van der Waals surface area contributed by atoms with Crippen molar-refractivity contribution in [1.29, 1.82) is 0 Å². The average molecular weight is 389 g/mol. The molecular weight excluding hydrogens is 368 g/mol. The summed E-state index contributed by atoms with van der Waals surface area (Å²) in [5.74, 6) is -1.39. The number of aryl methyl sites for hydroxylation is 2. The number of nitrogens with one attached hydrogen (secondary N) is 2. The molecule has 7 heteroatoms. The first-order chi connectivity index (χ1) is 12.8. The fraction of sp³-hybridized carbons (Fsp3) is 0.250. The molecule has 2 aromatic rings. The van der Waals surface area contributed by atoms with Crippen LogP contribution in [0.15, 0.2) is 42.5 Å². The quantitative estimate of drug-likeness (QED) is 0.705. The van der Waals surface area contributed by atoms with E-state index in [0.717, 1.165) is 11.1 Å². The molecule has 0 aliphatic carbocycles. The van der Waals surface area contributed by atoms with E-state index in [4.69, 9.17) is 16.3 Å². The van der Waals surface area contributed by atoms with Gasteiger partial charge >= 0.3 is 5.97 Å². The minimum Gasteiger partial charge on any atom is -0.456 e. The van der Waals surface area contributed by atoms with E-state index in [2.05, 4.69) is 10.6 Å². The molecule has 0 aliphatic heterocycles. The van der Waals surface area contributed by atoms with Gasteiger partial charge in [0.05, 0.1) is 6.42 Å². The van der Waals surface area contributed by atoms with Crippen LogP contribution < -0.4 is 10.6 Å². The molecule has 0 saturated heterocycles. The lowest BCUT2D eigenvalue weighted by Gasteiger charge is -2.09. The van der Waals surface area contributed by atoms with Gasteiger partial charge in [-0.2, -0.15) is 0 Å². The number of carbonyl (C=O) groups is 3. The summed E-state index contributed by atoms with van der Waals surface area (Å²) >= 11 is 5.83. The zero-order chi connectivity index (χ0) is 19.8. The summed E-state index contributed by atoms with van der Waals surface area (Å²) in [4.78, 5) is 35.4. The van der Waals surface area contributed by atoms with E-state index in [9.17, 15) is 14.4 Å². The summed E-state index contributed by atoms with van der Waals surface area (Å²) in [6.07, 6.45) is -0.136. The van der Waals surface area contributed by atoms with Crippen LogP contribution in [0.1, 0.15) is 24.0 Å². The number of rotatable bonds is 7. The van der Waals surface area contributed by atoms with Crippen LogP contribution in [0.5, 0.6) is 0 Å². The van der Waals surface area contributed by atoms with Crippen molar-refractivity contribution in [3.8, 4) is 0 Å². The number of ether oxygens (including phenoxy) is 1. The molecule has 0 heterocycles. The van der Waals surface area contributed by atoms with Crippen LogP contribution in [0, 0.1) is 13.8 Å². The van der Waals surface area contributed by atoms with Gasteiger partial charge in [0, 0.05) is 22.8 Å². The third-order valence-corrected chi connectivity index (χ3v) is 3.92. The van der Waals surface area contributed by atoms with Crippen molar-refractivity contribution in [2.24, 2.45) is 0 Å². The Kier molecular flexibility index (Phi) is 7.37. The zero-order valence-corrected chi connectivity index (χ0v) is 15.9. The third kappa shape index (κ3) is 7.11. The van der Waals surface area contributed by atoms with Crippen molar-refractivity contribution in [2.75, 3.05) is 17.2 Å². The molecular formula is C20H21ClN2O4. The SMILES string of the molecule is Cc1ccc(NC(=O)CCC(=O)OCC(=O)Nc2cccc(Cl)c2)c(C)c1. The van der Waals surface area contributed by atoms with Crippen molar-refractivity contribution in [2.45, 2.75) is 26.7 Å². The minimum atomic E-state index is -0.618. The number of benzene rings is 2. The molecule has 0 aromatic heterocycles. The van der Waals surface area contributed by atoms with Gasteiger partial charge in [-0.3, -0.25) is 14.4 Å². The van der Waals surface area contributed by atoms with E-state index in [1.54, 1.807) is 24.3 Å². The van der Waals surface area contributed by atoms with E-state index in [1.165, 1.54) is 0 Å². The Morgan fingerprint density at radius 2 is 1.74 bits per heavy atom. The summed E-state index contributed by atoms with van der Waals surface area (Å²) in [5, 5.41) is 5.81. The molecule has 0 fully saturated rings. The molecule has 0 spiro atoms. The Hall–Kier alpha value is -2.86. The molecule has 2 aromatic carbocycles. The summed E-state index contributed by atoms with van der Waals surface area (Å²) in [6.45, 7) is 3.44. The van der Waals surface area contributed by atoms with Crippen molar-refractivity contribution < 1.29 is 19.1 Å². The highest BCUT2D eigenvalue weighted by Gasteiger charge is 2.11. The molecule has 0 saturated carbocycles. The Morgan fingerprint density at radius 1 is 0.963 bits per heavy atom. The van der Waals surface area contributed by atoms with Gasteiger partial charge in [0.25, 0.3) is 5.91 Å². The van der Waals surface area contributed by atoms with Gasteiger partial charge < -0.3 is 15.4 Å². The first-order valence-corrected chi connectivity index (χ1v) is 8.79. The summed E-state index contributed by atoms with van der Waals surface area (Å²) in [6, 6.07) is 12.3. The molecule has 142 valence electrons. The molecule has 27 heavy (non-hydrogen) atoms. The second-order valence-corrected chi connectivity index (χ2v) is 6.52. The highest BCUT2D eigenvalue weighted by molar-refractivity contribution is 6.30. The maximum atomic E-state index is 12.0. The van der Waals surface area contributed by atoms with Gasteiger partial charge in [-0.25, -0.2) is 0 Å². The van der Waals surface area contributed by atoms with Crippen molar-refractivity contribution in [1.82, 2.24) is 0 Å². The van der Waals surface area contributed by atoms with Crippen LogP contribution in [-0.2, 0) is 19.1 Å². The highest BCUT2D eigenvalue weighted by Crippen LogP contribution is 2.16. The minimum absolute atomic E-state index is 0.0257. The topological polar surface area (TPSA) is 84.5 Å². The number of halogens is 1. The van der Waals surface area contributed by atoms with Crippen LogP contribution in [-0.4, -0.2) is 24.4 Å². The van der Waals surface area contributed by atoms with Crippen molar-refractivity contribution in [3.63, 3.8) is 0 Å². The van der Waals surface area contributed by atoms with Crippen LogP contribution in [0.25, 0.3) is 0 Å². The van der Waals surface area contributed by atoms with Crippen LogP contribution in [0.2, 0.25) is 5.02 Å². The van der Waals surface area contributed by atoms with Gasteiger partial charge in [0.15, 0.2) is 6.61 Å². The number of amides is 2. The van der Waals surface area contributed by atoms with Crippen LogP contribution in [0.4, 0.5) is 11.4 Å². The fourth-order valence-electron chi connectivity index (χ4n) is 2.36. The summed E-state index contributed by atoms with van der Waals surface area (Å²) < 4.78 is 4.88. The van der Waals surface area contributed by atoms with E-state index >= 15 is 0 Å². The third-order valence-electron chi connectivity index (χ3n) is 3.68. The monoisotopic (exact) mass is 388 g/mol. The van der Waals surface area contributed by atoms with Crippen molar-refractivity contribution >= 4 is 40.8 Å². The number of hydrogen-bond donors (Lipinski definition) is 2. The molecule has 0 atom stereocenters. The van der Waals surface area contributed by atoms with E-state index in [1.807, 2.05) is 32.0 Å². The average Bonchev–Trinajstić information content (AvgIpc) is 2.60. The van der Waals surface area contributed by atoms with E-state index in [0.29, 0.717) is 16.4 Å². The maximum Gasteiger partial charge on any atom is 0.306 e. The molecule has 0 aliphatic rings. The molecule has 0 unspecified atom stereocenters. The molecule has 0 bridgehead atoms. The fourth-order valence-corrected chi connectivity index (χ4v) is 2.55. The predicted octanol–water partition coefficient (Wildman–Crippen LogP) is 3.86. The number of anilines is 2. The van der Waals surface area contributed by atoms with E-state index in [-0.39, 0.29) is 18.7 Å².